The molecule has 0 saturated carbocycles. The van der Waals surface area contributed by atoms with E-state index in [2.05, 4.69) is 40.2 Å². The average Bonchev–Trinajstić information content (AvgIpc) is 3.01. The van der Waals surface area contributed by atoms with Crippen molar-refractivity contribution >= 4 is 17.3 Å². The number of aromatic amines is 1. The summed E-state index contributed by atoms with van der Waals surface area (Å²) in [7, 11) is 0. The Bertz CT molecular complexity index is 805. The van der Waals surface area contributed by atoms with E-state index in [1.165, 1.54) is 16.6 Å². The van der Waals surface area contributed by atoms with Gasteiger partial charge in [0, 0.05) is 42.7 Å². The number of hydrogen-bond acceptors (Lipinski definition) is 3. The highest BCUT2D eigenvalue weighted by Gasteiger charge is 2.46. The smallest absolute Gasteiger partial charge is 0.210 e. The molecular formula is C19H22N4O. The lowest BCUT2D eigenvalue weighted by atomic mass is 9.79. The summed E-state index contributed by atoms with van der Waals surface area (Å²) in [6.45, 7) is 3.36. The topological polar surface area (TPSA) is 63.1 Å². The number of hydrogen-bond donors (Lipinski definition) is 1. The van der Waals surface area contributed by atoms with Gasteiger partial charge in [-0.05, 0) is 37.4 Å². The van der Waals surface area contributed by atoms with Crippen LogP contribution < -0.4 is 0 Å². The third-order valence-electron chi connectivity index (χ3n) is 5.65. The standard InChI is InChI=1S/C19H22N4O/c20-9-4-11-22-10-3-8-19(13-22)18-16(7-12-23(19)14-24)15-5-1-2-6-17(15)21-18/h1-2,5-6,14,21H,3-4,7-8,10-13H2. The first kappa shape index (κ1) is 15.2. The van der Waals surface area contributed by atoms with Gasteiger partial charge in [-0.2, -0.15) is 5.26 Å². The van der Waals surface area contributed by atoms with Crippen molar-refractivity contribution in [3.05, 3.63) is 35.5 Å². The Kier molecular flexibility index (Phi) is 3.78. The third kappa shape index (κ3) is 2.22. The predicted molar refractivity (Wildman–Crippen MR) is 92.4 cm³/mol. The molecule has 1 atom stereocenters. The molecule has 2 aromatic rings. The molecule has 5 heteroatoms. The van der Waals surface area contributed by atoms with Gasteiger partial charge in [0.15, 0.2) is 0 Å². The number of nitrogens with zero attached hydrogens (tertiary/aromatic N) is 3. The highest BCUT2D eigenvalue weighted by atomic mass is 16.1. The molecule has 1 aromatic carbocycles. The maximum atomic E-state index is 11.8. The normalized spacial score (nSPS) is 24.0. The van der Waals surface area contributed by atoms with Gasteiger partial charge in [-0.25, -0.2) is 0 Å². The molecule has 1 amide bonds. The lowest BCUT2D eigenvalue weighted by Crippen LogP contribution is -2.58. The van der Waals surface area contributed by atoms with Crippen LogP contribution in [0.4, 0.5) is 0 Å². The number of likely N-dealkylation sites (tertiary alicyclic amines) is 1. The second-order valence-corrected chi connectivity index (χ2v) is 6.89. The fraction of sp³-hybridized carbons (Fsp3) is 0.474. The number of aromatic nitrogens is 1. The Morgan fingerprint density at radius 1 is 1.33 bits per heavy atom. The van der Waals surface area contributed by atoms with E-state index in [4.69, 9.17) is 5.26 Å². The molecule has 2 aliphatic rings. The second-order valence-electron chi connectivity index (χ2n) is 6.89. The van der Waals surface area contributed by atoms with Crippen LogP contribution in [-0.2, 0) is 16.8 Å². The largest absolute Gasteiger partial charge is 0.356 e. The number of carbonyl (C=O) groups is 1. The average molecular weight is 322 g/mol. The van der Waals surface area contributed by atoms with Crippen molar-refractivity contribution in [1.82, 2.24) is 14.8 Å². The molecule has 24 heavy (non-hydrogen) atoms. The van der Waals surface area contributed by atoms with E-state index in [1.807, 2.05) is 4.90 Å². The van der Waals surface area contributed by atoms with Crippen LogP contribution in [0.1, 0.15) is 30.5 Å². The van der Waals surface area contributed by atoms with E-state index < -0.39 is 0 Å². The predicted octanol–water partition coefficient (Wildman–Crippen LogP) is 2.39. The number of H-pyrrole nitrogens is 1. The molecule has 1 spiro atoms. The van der Waals surface area contributed by atoms with Gasteiger partial charge in [0.2, 0.25) is 6.41 Å². The Balaban J connectivity index is 1.80. The van der Waals surface area contributed by atoms with Crippen molar-refractivity contribution in [1.29, 1.82) is 5.26 Å². The van der Waals surface area contributed by atoms with Crippen molar-refractivity contribution in [2.45, 2.75) is 31.2 Å². The van der Waals surface area contributed by atoms with Crippen molar-refractivity contribution < 1.29 is 4.79 Å². The van der Waals surface area contributed by atoms with Crippen LogP contribution in [0.5, 0.6) is 0 Å². The van der Waals surface area contributed by atoms with Crippen LogP contribution in [0.15, 0.2) is 24.3 Å². The fourth-order valence-electron chi connectivity index (χ4n) is 4.56. The van der Waals surface area contributed by atoms with Gasteiger partial charge in [-0.1, -0.05) is 18.2 Å². The Labute approximate surface area is 141 Å². The summed E-state index contributed by atoms with van der Waals surface area (Å²) in [5.41, 5.74) is 3.46. The zero-order chi connectivity index (χ0) is 16.6. The number of carbonyl (C=O) groups excluding carboxylic acids is 1. The molecule has 0 aliphatic carbocycles. The van der Waals surface area contributed by atoms with E-state index in [0.717, 1.165) is 57.4 Å². The first-order valence-electron chi connectivity index (χ1n) is 8.70. The number of amides is 1. The minimum Gasteiger partial charge on any atom is -0.356 e. The maximum Gasteiger partial charge on any atom is 0.210 e. The number of para-hydroxylation sites is 1. The molecule has 1 N–H and O–H groups in total. The summed E-state index contributed by atoms with van der Waals surface area (Å²) in [4.78, 5) is 19.8. The number of fused-ring (bicyclic) bond motifs is 4. The Morgan fingerprint density at radius 2 is 2.21 bits per heavy atom. The van der Waals surface area contributed by atoms with Gasteiger partial charge < -0.3 is 9.88 Å². The first-order chi connectivity index (χ1) is 11.8. The van der Waals surface area contributed by atoms with Crippen molar-refractivity contribution in [3.63, 3.8) is 0 Å². The molecule has 1 saturated heterocycles. The third-order valence-corrected chi connectivity index (χ3v) is 5.65. The number of piperidine rings is 1. The number of nitriles is 1. The van der Waals surface area contributed by atoms with Crippen LogP contribution in [0.2, 0.25) is 0 Å². The molecule has 5 nitrogen and oxygen atoms in total. The quantitative estimate of drug-likeness (QED) is 0.883. The molecule has 1 unspecified atom stereocenters. The van der Waals surface area contributed by atoms with Crippen LogP contribution in [0.3, 0.4) is 0 Å². The van der Waals surface area contributed by atoms with Gasteiger partial charge in [0.1, 0.15) is 0 Å². The summed E-state index contributed by atoms with van der Waals surface area (Å²) in [5, 5.41) is 10.2. The Morgan fingerprint density at radius 3 is 3.04 bits per heavy atom. The van der Waals surface area contributed by atoms with Crippen LogP contribution in [-0.4, -0.2) is 47.4 Å². The van der Waals surface area contributed by atoms with E-state index in [0.29, 0.717) is 6.42 Å². The molecule has 0 radical (unpaired) electrons. The van der Waals surface area contributed by atoms with Gasteiger partial charge in [-0.15, -0.1) is 0 Å². The summed E-state index contributed by atoms with van der Waals surface area (Å²) < 4.78 is 0. The molecule has 1 aromatic heterocycles. The minimum atomic E-state index is -0.276. The highest BCUT2D eigenvalue weighted by molar-refractivity contribution is 5.85. The molecule has 3 heterocycles. The fourth-order valence-corrected chi connectivity index (χ4v) is 4.56. The molecule has 4 rings (SSSR count). The zero-order valence-corrected chi connectivity index (χ0v) is 13.8. The first-order valence-corrected chi connectivity index (χ1v) is 8.70. The summed E-state index contributed by atoms with van der Waals surface area (Å²) >= 11 is 0. The lowest BCUT2D eigenvalue weighted by molar-refractivity contribution is -0.128. The second kappa shape index (κ2) is 5.95. The molecule has 1 fully saturated rings. The summed E-state index contributed by atoms with van der Waals surface area (Å²) in [6, 6.07) is 10.7. The van der Waals surface area contributed by atoms with Crippen LogP contribution in [0, 0.1) is 11.3 Å². The minimum absolute atomic E-state index is 0.276. The Hall–Kier alpha value is -2.32. The molecule has 0 bridgehead atoms. The van der Waals surface area contributed by atoms with Gasteiger partial charge in [0.05, 0.1) is 11.6 Å². The number of benzene rings is 1. The van der Waals surface area contributed by atoms with Crippen LogP contribution in [0.25, 0.3) is 10.9 Å². The van der Waals surface area contributed by atoms with Crippen molar-refractivity contribution in [3.8, 4) is 6.07 Å². The zero-order valence-electron chi connectivity index (χ0n) is 13.8. The molecular weight excluding hydrogens is 300 g/mol. The lowest BCUT2D eigenvalue weighted by Gasteiger charge is -2.50. The van der Waals surface area contributed by atoms with E-state index in [1.54, 1.807) is 0 Å². The maximum absolute atomic E-state index is 11.8. The summed E-state index contributed by atoms with van der Waals surface area (Å²) in [6.07, 6.45) is 4.48. The van der Waals surface area contributed by atoms with E-state index in [9.17, 15) is 4.79 Å². The SMILES string of the molecule is N#CCCN1CCCC2(C1)c1[nH]c3ccccc3c1CCN2C=O. The number of nitrogens with one attached hydrogen (secondary N) is 1. The van der Waals surface area contributed by atoms with Crippen molar-refractivity contribution in [2.75, 3.05) is 26.2 Å². The highest BCUT2D eigenvalue weighted by Crippen LogP contribution is 2.43. The van der Waals surface area contributed by atoms with E-state index >= 15 is 0 Å². The van der Waals surface area contributed by atoms with Gasteiger partial charge >= 0.3 is 0 Å². The molecule has 2 aliphatic heterocycles. The monoisotopic (exact) mass is 322 g/mol. The van der Waals surface area contributed by atoms with Gasteiger partial charge in [-0.3, -0.25) is 9.69 Å². The van der Waals surface area contributed by atoms with Gasteiger partial charge in [0.25, 0.3) is 0 Å². The number of rotatable bonds is 3. The van der Waals surface area contributed by atoms with Crippen LogP contribution >= 0.6 is 0 Å². The van der Waals surface area contributed by atoms with E-state index in [-0.39, 0.29) is 5.54 Å². The molecule has 124 valence electrons. The van der Waals surface area contributed by atoms with Crippen molar-refractivity contribution in [2.24, 2.45) is 0 Å². The summed E-state index contributed by atoms with van der Waals surface area (Å²) in [5.74, 6) is 0.